The van der Waals surface area contributed by atoms with Crippen molar-refractivity contribution in [3.8, 4) is 0 Å². The summed E-state index contributed by atoms with van der Waals surface area (Å²) >= 11 is 1.16. The number of hydrogen-bond acceptors (Lipinski definition) is 5. The number of rotatable bonds is 1. The lowest BCUT2D eigenvalue weighted by Crippen LogP contribution is -2.42. The van der Waals surface area contributed by atoms with Crippen molar-refractivity contribution in [3.63, 3.8) is 0 Å². The van der Waals surface area contributed by atoms with Crippen LogP contribution in [0, 0.1) is 5.41 Å². The highest BCUT2D eigenvalue weighted by atomic mass is 32.1. The molecular weight excluding hydrogens is 224 g/mol. The Morgan fingerprint density at radius 3 is 2.88 bits per heavy atom. The van der Waals surface area contributed by atoms with E-state index in [0.29, 0.717) is 0 Å². The lowest BCUT2D eigenvalue weighted by molar-refractivity contribution is -0.126. The van der Waals surface area contributed by atoms with Gasteiger partial charge >= 0.3 is 0 Å². The zero-order chi connectivity index (χ0) is 11.0. The molecule has 0 aromatic carbocycles. The van der Waals surface area contributed by atoms with Gasteiger partial charge in [-0.25, -0.2) is 0 Å². The van der Waals surface area contributed by atoms with Gasteiger partial charge in [-0.1, -0.05) is 0 Å². The van der Waals surface area contributed by atoms with Crippen LogP contribution in [0.4, 0.5) is 5.82 Å². The van der Waals surface area contributed by atoms with Crippen LogP contribution >= 0.6 is 11.7 Å². The Morgan fingerprint density at radius 2 is 2.19 bits per heavy atom. The number of amides is 1. The fourth-order valence-corrected chi connectivity index (χ4v) is 3.10. The van der Waals surface area contributed by atoms with Gasteiger partial charge in [-0.2, -0.15) is 8.75 Å². The molecule has 6 heteroatoms. The predicted molar refractivity (Wildman–Crippen MR) is 61.4 cm³/mol. The average Bonchev–Trinajstić information content (AvgIpc) is 2.92. The van der Waals surface area contributed by atoms with E-state index in [-0.39, 0.29) is 11.3 Å². The second-order valence-electron chi connectivity index (χ2n) is 4.50. The van der Waals surface area contributed by atoms with Gasteiger partial charge < -0.3 is 5.32 Å². The van der Waals surface area contributed by atoms with Gasteiger partial charge in [-0.15, -0.1) is 0 Å². The van der Waals surface area contributed by atoms with Crippen LogP contribution in [0.5, 0.6) is 0 Å². The van der Waals surface area contributed by atoms with Crippen LogP contribution in [-0.4, -0.2) is 34.3 Å². The predicted octanol–water partition coefficient (Wildman–Crippen LogP) is 0.645. The van der Waals surface area contributed by atoms with Crippen LogP contribution in [0.25, 0.3) is 0 Å². The molecule has 0 bridgehead atoms. The van der Waals surface area contributed by atoms with Crippen molar-refractivity contribution >= 4 is 23.5 Å². The average molecular weight is 238 g/mol. The number of nitrogens with zero attached hydrogens (tertiary/aromatic N) is 3. The summed E-state index contributed by atoms with van der Waals surface area (Å²) in [6.45, 7) is 2.70. The number of carbonyl (C=O) groups excluding carboxylic acids is 1. The molecule has 1 aromatic rings. The molecule has 0 unspecified atom stereocenters. The van der Waals surface area contributed by atoms with Gasteiger partial charge in [-0.05, 0) is 32.4 Å². The summed E-state index contributed by atoms with van der Waals surface area (Å²) in [5, 5.41) is 3.31. The molecule has 2 aliphatic heterocycles. The SMILES string of the molecule is O=C1N(c2cnsn2)CCC12CCNCC2. The van der Waals surface area contributed by atoms with E-state index in [2.05, 4.69) is 14.1 Å². The molecule has 1 aromatic heterocycles. The topological polar surface area (TPSA) is 58.1 Å². The summed E-state index contributed by atoms with van der Waals surface area (Å²) in [6, 6.07) is 0. The first-order valence-electron chi connectivity index (χ1n) is 5.62. The van der Waals surface area contributed by atoms with Gasteiger partial charge in [-0.3, -0.25) is 9.69 Å². The van der Waals surface area contributed by atoms with Crippen molar-refractivity contribution in [2.24, 2.45) is 5.41 Å². The Balaban J connectivity index is 1.84. The number of carbonyl (C=O) groups is 1. The third-order valence-corrected chi connectivity index (χ3v) is 4.17. The minimum absolute atomic E-state index is 0.116. The molecule has 2 aliphatic rings. The van der Waals surface area contributed by atoms with Gasteiger partial charge in [0.15, 0.2) is 5.82 Å². The van der Waals surface area contributed by atoms with E-state index >= 15 is 0 Å². The fraction of sp³-hybridized carbons (Fsp3) is 0.700. The summed E-state index contributed by atoms with van der Waals surface area (Å²) < 4.78 is 8.11. The second kappa shape index (κ2) is 3.78. The maximum Gasteiger partial charge on any atom is 0.234 e. The molecule has 2 saturated heterocycles. The van der Waals surface area contributed by atoms with Crippen molar-refractivity contribution in [2.75, 3.05) is 24.5 Å². The molecule has 1 amide bonds. The first-order chi connectivity index (χ1) is 7.82. The smallest absolute Gasteiger partial charge is 0.234 e. The molecule has 0 aliphatic carbocycles. The Hall–Kier alpha value is -1.01. The Bertz CT molecular complexity index is 386. The van der Waals surface area contributed by atoms with Crippen molar-refractivity contribution < 1.29 is 4.79 Å². The normalized spacial score (nSPS) is 24.2. The van der Waals surface area contributed by atoms with Crippen molar-refractivity contribution in [2.45, 2.75) is 19.3 Å². The third kappa shape index (κ3) is 1.44. The van der Waals surface area contributed by atoms with Crippen LogP contribution in [0.3, 0.4) is 0 Å². The molecule has 1 spiro atoms. The van der Waals surface area contributed by atoms with Gasteiger partial charge in [0, 0.05) is 6.54 Å². The van der Waals surface area contributed by atoms with E-state index in [1.165, 1.54) is 0 Å². The third-order valence-electron chi connectivity index (χ3n) is 3.70. The molecule has 16 heavy (non-hydrogen) atoms. The van der Waals surface area contributed by atoms with E-state index in [0.717, 1.165) is 56.4 Å². The van der Waals surface area contributed by atoms with Crippen LogP contribution in [0.15, 0.2) is 6.20 Å². The van der Waals surface area contributed by atoms with Crippen molar-refractivity contribution in [1.82, 2.24) is 14.1 Å². The maximum atomic E-state index is 12.4. The van der Waals surface area contributed by atoms with Gasteiger partial charge in [0.05, 0.1) is 23.3 Å². The van der Waals surface area contributed by atoms with E-state index in [1.54, 1.807) is 11.1 Å². The highest BCUT2D eigenvalue weighted by Gasteiger charge is 2.47. The van der Waals surface area contributed by atoms with Crippen LogP contribution < -0.4 is 10.2 Å². The van der Waals surface area contributed by atoms with Gasteiger partial charge in [0.2, 0.25) is 5.91 Å². The monoisotopic (exact) mass is 238 g/mol. The fourth-order valence-electron chi connectivity index (χ4n) is 2.69. The van der Waals surface area contributed by atoms with Crippen LogP contribution in [-0.2, 0) is 4.79 Å². The second-order valence-corrected chi connectivity index (χ2v) is 5.06. The summed E-state index contributed by atoms with van der Waals surface area (Å²) in [4.78, 5) is 14.2. The Morgan fingerprint density at radius 1 is 1.38 bits per heavy atom. The van der Waals surface area contributed by atoms with Gasteiger partial charge in [0.25, 0.3) is 0 Å². The molecular formula is C10H14N4OS. The van der Waals surface area contributed by atoms with E-state index in [4.69, 9.17) is 0 Å². The summed E-state index contributed by atoms with van der Waals surface area (Å²) in [5.41, 5.74) is -0.116. The summed E-state index contributed by atoms with van der Waals surface area (Å²) in [6.07, 6.45) is 4.56. The molecule has 2 fully saturated rings. The first-order valence-corrected chi connectivity index (χ1v) is 6.35. The maximum absolute atomic E-state index is 12.4. The number of piperidine rings is 1. The summed E-state index contributed by atoms with van der Waals surface area (Å²) in [7, 11) is 0. The molecule has 3 rings (SSSR count). The molecule has 5 nitrogen and oxygen atoms in total. The Labute approximate surface area is 98.2 Å². The van der Waals surface area contributed by atoms with E-state index in [1.807, 2.05) is 0 Å². The lowest BCUT2D eigenvalue weighted by Gasteiger charge is -2.31. The van der Waals surface area contributed by atoms with Crippen molar-refractivity contribution in [3.05, 3.63) is 6.20 Å². The number of hydrogen-bond donors (Lipinski definition) is 1. The number of aromatic nitrogens is 2. The molecule has 0 atom stereocenters. The van der Waals surface area contributed by atoms with Crippen molar-refractivity contribution in [1.29, 1.82) is 0 Å². The zero-order valence-electron chi connectivity index (χ0n) is 8.98. The van der Waals surface area contributed by atoms with Gasteiger partial charge in [0.1, 0.15) is 0 Å². The Kier molecular flexibility index (Phi) is 2.40. The summed E-state index contributed by atoms with van der Waals surface area (Å²) in [5.74, 6) is 0.979. The van der Waals surface area contributed by atoms with Crippen LogP contribution in [0.1, 0.15) is 19.3 Å². The first kappa shape index (κ1) is 10.2. The lowest BCUT2D eigenvalue weighted by atomic mass is 9.78. The minimum Gasteiger partial charge on any atom is -0.317 e. The highest BCUT2D eigenvalue weighted by molar-refractivity contribution is 6.99. The largest absolute Gasteiger partial charge is 0.317 e. The highest BCUT2D eigenvalue weighted by Crippen LogP contribution is 2.41. The molecule has 0 radical (unpaired) electrons. The zero-order valence-corrected chi connectivity index (χ0v) is 9.79. The quantitative estimate of drug-likeness (QED) is 0.780. The standard InChI is InChI=1S/C10H14N4OS/c15-9-10(1-4-11-5-2-10)3-6-14(9)8-7-12-16-13-8/h7,11H,1-6H2. The number of nitrogens with one attached hydrogen (secondary N) is 1. The van der Waals surface area contributed by atoms with Crippen LogP contribution in [0.2, 0.25) is 0 Å². The minimum atomic E-state index is -0.116. The molecule has 3 heterocycles. The molecule has 0 saturated carbocycles. The molecule has 86 valence electrons. The number of anilines is 1. The van der Waals surface area contributed by atoms with E-state index in [9.17, 15) is 4.79 Å². The molecule has 1 N–H and O–H groups in total. The van der Waals surface area contributed by atoms with E-state index < -0.39 is 0 Å².